The van der Waals surface area contributed by atoms with E-state index < -0.39 is 0 Å². The van der Waals surface area contributed by atoms with E-state index in [4.69, 9.17) is 15.6 Å². The van der Waals surface area contributed by atoms with Crippen molar-refractivity contribution in [3.05, 3.63) is 48.0 Å². The zero-order valence-electron chi connectivity index (χ0n) is 16.4. The molecule has 4 nitrogen and oxygen atoms in total. The monoisotopic (exact) mass is 351 g/mol. The number of guanidine groups is 1. The highest BCUT2D eigenvalue weighted by molar-refractivity contribution is 6.04. The molecule has 3 N–H and O–H groups in total. The molecule has 0 atom stereocenters. The Kier molecular flexibility index (Phi) is 4.47. The molecule has 0 radical (unpaired) electrons. The summed E-state index contributed by atoms with van der Waals surface area (Å²) < 4.78 is 5.93. The standard InChI is InChI=1S/C22H29N3O/c1-21(2,14-22(3,4)25(5)20(23)24)13-15-10-11-19-17(12-15)16-8-6-7-9-18(16)26-19/h6-12H,13-14H2,1-5H3,(H3,23,24). The van der Waals surface area contributed by atoms with Gasteiger partial charge in [0.05, 0.1) is 0 Å². The van der Waals surface area contributed by atoms with Crippen LogP contribution in [0, 0.1) is 10.8 Å². The summed E-state index contributed by atoms with van der Waals surface area (Å²) in [6.07, 6.45) is 1.89. The largest absolute Gasteiger partial charge is 0.456 e. The minimum Gasteiger partial charge on any atom is -0.456 e. The van der Waals surface area contributed by atoms with Crippen LogP contribution >= 0.6 is 0 Å². The third-order valence-corrected chi connectivity index (χ3v) is 5.30. The number of fused-ring (bicyclic) bond motifs is 3. The molecule has 0 bridgehead atoms. The molecule has 1 aromatic heterocycles. The van der Waals surface area contributed by atoms with Gasteiger partial charge in [-0.3, -0.25) is 5.41 Å². The van der Waals surface area contributed by atoms with Gasteiger partial charge in [-0.05, 0) is 55.9 Å². The molecule has 0 aliphatic heterocycles. The summed E-state index contributed by atoms with van der Waals surface area (Å²) in [5.74, 6) is 0.108. The van der Waals surface area contributed by atoms with Crippen LogP contribution in [0.4, 0.5) is 0 Å². The van der Waals surface area contributed by atoms with Crippen LogP contribution in [-0.2, 0) is 6.42 Å². The lowest BCUT2D eigenvalue weighted by Crippen LogP contribution is -2.50. The van der Waals surface area contributed by atoms with Crippen LogP contribution in [0.5, 0.6) is 0 Å². The molecule has 3 aromatic rings. The van der Waals surface area contributed by atoms with Crippen molar-refractivity contribution in [3.8, 4) is 0 Å². The molecule has 26 heavy (non-hydrogen) atoms. The molecule has 0 unspecified atom stereocenters. The number of hydrogen-bond donors (Lipinski definition) is 2. The number of rotatable bonds is 5. The van der Waals surface area contributed by atoms with Crippen LogP contribution in [-0.4, -0.2) is 23.4 Å². The summed E-state index contributed by atoms with van der Waals surface area (Å²) in [4.78, 5) is 1.85. The fourth-order valence-electron chi connectivity index (χ4n) is 4.11. The van der Waals surface area contributed by atoms with E-state index >= 15 is 0 Å². The second-order valence-corrected chi connectivity index (χ2v) is 8.70. The van der Waals surface area contributed by atoms with E-state index in [9.17, 15) is 0 Å². The van der Waals surface area contributed by atoms with E-state index in [-0.39, 0.29) is 16.9 Å². The van der Waals surface area contributed by atoms with Crippen molar-refractivity contribution >= 4 is 27.9 Å². The molecule has 2 aromatic carbocycles. The van der Waals surface area contributed by atoms with Gasteiger partial charge in [0.15, 0.2) is 5.96 Å². The highest BCUT2D eigenvalue weighted by atomic mass is 16.3. The third-order valence-electron chi connectivity index (χ3n) is 5.30. The van der Waals surface area contributed by atoms with Crippen LogP contribution in [0.3, 0.4) is 0 Å². The number of furan rings is 1. The summed E-state index contributed by atoms with van der Waals surface area (Å²) in [5, 5.41) is 10.1. The quantitative estimate of drug-likeness (QED) is 0.493. The highest BCUT2D eigenvalue weighted by Crippen LogP contribution is 2.36. The van der Waals surface area contributed by atoms with Gasteiger partial charge in [-0.1, -0.05) is 38.1 Å². The highest BCUT2D eigenvalue weighted by Gasteiger charge is 2.32. The molecule has 0 amide bonds. The molecule has 4 heteroatoms. The summed E-state index contributed by atoms with van der Waals surface area (Å²) >= 11 is 0. The molecule has 0 fully saturated rings. The fraction of sp³-hybridized carbons (Fsp3) is 0.409. The van der Waals surface area contributed by atoms with E-state index in [0.717, 1.165) is 24.0 Å². The first-order valence-corrected chi connectivity index (χ1v) is 9.07. The summed E-state index contributed by atoms with van der Waals surface area (Å²) in [6, 6.07) is 14.7. The van der Waals surface area contributed by atoms with Crippen LogP contribution in [0.25, 0.3) is 21.9 Å². The molecule has 0 spiro atoms. The topological polar surface area (TPSA) is 66.2 Å². The average Bonchev–Trinajstić information content (AvgIpc) is 2.90. The molecular weight excluding hydrogens is 322 g/mol. The van der Waals surface area contributed by atoms with Crippen molar-refractivity contribution in [2.24, 2.45) is 11.1 Å². The van der Waals surface area contributed by atoms with Crippen molar-refractivity contribution in [2.45, 2.75) is 46.1 Å². The lowest BCUT2D eigenvalue weighted by Gasteiger charge is -2.41. The second kappa shape index (κ2) is 6.35. The van der Waals surface area contributed by atoms with Gasteiger partial charge in [0, 0.05) is 23.4 Å². The second-order valence-electron chi connectivity index (χ2n) is 8.70. The summed E-state index contributed by atoms with van der Waals surface area (Å²) in [5.41, 5.74) is 8.76. The van der Waals surface area contributed by atoms with Crippen LogP contribution in [0.1, 0.15) is 39.7 Å². The smallest absolute Gasteiger partial charge is 0.188 e. The minimum absolute atomic E-state index is 0.0699. The molecule has 1 heterocycles. The zero-order chi connectivity index (χ0) is 19.1. The van der Waals surface area contributed by atoms with Crippen LogP contribution in [0.2, 0.25) is 0 Å². The third kappa shape index (κ3) is 3.55. The minimum atomic E-state index is -0.179. The Balaban J connectivity index is 1.87. The fourth-order valence-corrected chi connectivity index (χ4v) is 4.11. The van der Waals surface area contributed by atoms with E-state index in [1.165, 1.54) is 16.3 Å². The number of hydrogen-bond acceptors (Lipinski definition) is 2. The molecule has 0 saturated carbocycles. The van der Waals surface area contributed by atoms with Gasteiger partial charge in [-0.2, -0.15) is 0 Å². The first-order valence-electron chi connectivity index (χ1n) is 9.07. The van der Waals surface area contributed by atoms with Gasteiger partial charge in [0.2, 0.25) is 0 Å². The van der Waals surface area contributed by atoms with E-state index in [1.54, 1.807) is 0 Å². The Labute approximate surface area is 155 Å². The SMILES string of the molecule is CN(C(=N)N)C(C)(C)CC(C)(C)Cc1ccc2oc3ccccc3c2c1. The van der Waals surface area contributed by atoms with Gasteiger partial charge >= 0.3 is 0 Å². The number of nitrogens with two attached hydrogens (primary N) is 1. The molecule has 3 rings (SSSR count). The number of para-hydroxylation sites is 1. The van der Waals surface area contributed by atoms with Gasteiger partial charge < -0.3 is 15.1 Å². The predicted molar refractivity (Wildman–Crippen MR) is 110 cm³/mol. The maximum absolute atomic E-state index is 7.73. The number of benzene rings is 2. The Morgan fingerprint density at radius 1 is 1.04 bits per heavy atom. The van der Waals surface area contributed by atoms with E-state index in [2.05, 4.69) is 52.0 Å². The molecule has 0 aliphatic rings. The first kappa shape index (κ1) is 18.3. The summed E-state index contributed by atoms with van der Waals surface area (Å²) in [6.45, 7) is 8.84. The summed E-state index contributed by atoms with van der Waals surface area (Å²) in [7, 11) is 1.89. The van der Waals surface area contributed by atoms with Gasteiger partial charge in [-0.15, -0.1) is 0 Å². The van der Waals surface area contributed by atoms with Gasteiger partial charge in [-0.25, -0.2) is 0 Å². The normalized spacial score (nSPS) is 12.7. The molecule has 0 saturated heterocycles. The molecular formula is C22H29N3O. The number of nitrogens with one attached hydrogen (secondary N) is 1. The lowest BCUT2D eigenvalue weighted by atomic mass is 9.75. The van der Waals surface area contributed by atoms with Gasteiger partial charge in [0.25, 0.3) is 0 Å². The van der Waals surface area contributed by atoms with Crippen LogP contribution < -0.4 is 5.73 Å². The van der Waals surface area contributed by atoms with Crippen molar-refractivity contribution in [1.82, 2.24) is 4.90 Å². The Morgan fingerprint density at radius 3 is 2.38 bits per heavy atom. The molecule has 138 valence electrons. The Morgan fingerprint density at radius 2 is 1.69 bits per heavy atom. The molecule has 0 aliphatic carbocycles. The van der Waals surface area contributed by atoms with Crippen molar-refractivity contribution in [1.29, 1.82) is 5.41 Å². The van der Waals surface area contributed by atoms with Crippen molar-refractivity contribution < 1.29 is 4.42 Å². The predicted octanol–water partition coefficient (Wildman–Crippen LogP) is 5.15. The maximum atomic E-state index is 7.73. The maximum Gasteiger partial charge on any atom is 0.188 e. The average molecular weight is 351 g/mol. The van der Waals surface area contributed by atoms with Gasteiger partial charge in [0.1, 0.15) is 11.2 Å². The van der Waals surface area contributed by atoms with E-state index in [1.807, 2.05) is 30.1 Å². The Hall–Kier alpha value is -2.49. The van der Waals surface area contributed by atoms with Crippen molar-refractivity contribution in [2.75, 3.05) is 7.05 Å². The lowest BCUT2D eigenvalue weighted by molar-refractivity contribution is 0.153. The zero-order valence-corrected chi connectivity index (χ0v) is 16.4. The van der Waals surface area contributed by atoms with Crippen molar-refractivity contribution in [3.63, 3.8) is 0 Å². The van der Waals surface area contributed by atoms with Crippen LogP contribution in [0.15, 0.2) is 46.9 Å². The first-order chi connectivity index (χ1) is 12.1. The number of nitrogens with zero attached hydrogens (tertiary/aromatic N) is 1. The van der Waals surface area contributed by atoms with E-state index in [0.29, 0.717) is 0 Å². The Bertz CT molecular complexity index is 952.